The highest BCUT2D eigenvalue weighted by Crippen LogP contribution is 2.27. The van der Waals surface area contributed by atoms with Crippen LogP contribution in [-0.4, -0.2) is 12.6 Å². The van der Waals surface area contributed by atoms with E-state index in [1.165, 1.54) is 0 Å². The Hall–Kier alpha value is -1.71. The summed E-state index contributed by atoms with van der Waals surface area (Å²) >= 11 is 11.8. The molecule has 0 N–H and O–H groups in total. The number of hydrogen-bond acceptors (Lipinski definition) is 3. The Balaban J connectivity index is 1.74. The van der Waals surface area contributed by atoms with Gasteiger partial charge in [0.25, 0.3) is 0 Å². The number of benzene rings is 2. The van der Waals surface area contributed by atoms with E-state index < -0.39 is 0 Å². The van der Waals surface area contributed by atoms with E-state index in [4.69, 9.17) is 32.7 Å². The molecule has 0 bridgehead atoms. The summed E-state index contributed by atoms with van der Waals surface area (Å²) in [6, 6.07) is 12.4. The maximum absolute atomic E-state index is 11.8. The molecular formula is C17H16Cl2O3. The van der Waals surface area contributed by atoms with Crippen molar-refractivity contribution in [3.05, 3.63) is 58.1 Å². The minimum absolute atomic E-state index is 0.277. The molecule has 5 heteroatoms. The molecule has 0 spiro atoms. The number of halogens is 2. The second-order valence-corrected chi connectivity index (χ2v) is 5.61. The van der Waals surface area contributed by atoms with Crippen molar-refractivity contribution in [1.82, 2.24) is 0 Å². The molecule has 0 fully saturated rings. The molecule has 0 amide bonds. The third kappa shape index (κ3) is 4.93. The first kappa shape index (κ1) is 16.7. The van der Waals surface area contributed by atoms with Crippen LogP contribution in [0.1, 0.15) is 18.4 Å². The summed E-state index contributed by atoms with van der Waals surface area (Å²) in [6.07, 6.45) is 0.823. The number of hydrogen-bond donors (Lipinski definition) is 0. The SMILES string of the molecule is Cc1ccccc1OC(=O)CCCOc1ccc(Cl)cc1Cl. The van der Waals surface area contributed by atoms with Crippen LogP contribution < -0.4 is 9.47 Å². The number of rotatable bonds is 6. The highest BCUT2D eigenvalue weighted by atomic mass is 35.5. The van der Waals surface area contributed by atoms with E-state index >= 15 is 0 Å². The lowest BCUT2D eigenvalue weighted by Gasteiger charge is -2.09. The molecule has 0 aliphatic heterocycles. The van der Waals surface area contributed by atoms with Crippen LogP contribution in [0.4, 0.5) is 0 Å². The average molecular weight is 339 g/mol. The topological polar surface area (TPSA) is 35.5 Å². The Morgan fingerprint density at radius 2 is 1.86 bits per heavy atom. The first-order valence-electron chi connectivity index (χ1n) is 6.90. The largest absolute Gasteiger partial charge is 0.492 e. The summed E-state index contributed by atoms with van der Waals surface area (Å²) in [4.78, 5) is 11.8. The second kappa shape index (κ2) is 8.06. The second-order valence-electron chi connectivity index (χ2n) is 4.77. The molecule has 3 nitrogen and oxygen atoms in total. The van der Waals surface area contributed by atoms with Crippen molar-refractivity contribution < 1.29 is 14.3 Å². The summed E-state index contributed by atoms with van der Waals surface area (Å²) in [6.45, 7) is 2.28. The van der Waals surface area contributed by atoms with E-state index in [1.807, 2.05) is 25.1 Å². The van der Waals surface area contributed by atoms with E-state index in [0.29, 0.717) is 34.6 Å². The van der Waals surface area contributed by atoms with E-state index in [1.54, 1.807) is 24.3 Å². The van der Waals surface area contributed by atoms with Crippen LogP contribution >= 0.6 is 23.2 Å². The molecule has 0 unspecified atom stereocenters. The summed E-state index contributed by atoms with van der Waals surface area (Å²) in [7, 11) is 0. The molecule has 0 radical (unpaired) electrons. The van der Waals surface area contributed by atoms with Crippen LogP contribution in [-0.2, 0) is 4.79 Å². The molecule has 0 aliphatic rings. The van der Waals surface area contributed by atoms with Gasteiger partial charge in [0.1, 0.15) is 11.5 Å². The van der Waals surface area contributed by atoms with Gasteiger partial charge in [-0.2, -0.15) is 0 Å². The number of ether oxygens (including phenoxy) is 2. The Bertz CT molecular complexity index is 656. The van der Waals surface area contributed by atoms with Crippen molar-refractivity contribution >= 4 is 29.2 Å². The molecule has 2 aromatic rings. The molecule has 0 heterocycles. The Morgan fingerprint density at radius 3 is 2.59 bits per heavy atom. The first-order chi connectivity index (χ1) is 10.6. The van der Waals surface area contributed by atoms with Gasteiger partial charge in [0.2, 0.25) is 0 Å². The molecule has 116 valence electrons. The Kier molecular flexibility index (Phi) is 6.10. The lowest BCUT2D eigenvalue weighted by molar-refractivity contribution is -0.134. The average Bonchev–Trinajstić information content (AvgIpc) is 2.48. The van der Waals surface area contributed by atoms with Crippen molar-refractivity contribution in [3.8, 4) is 11.5 Å². The van der Waals surface area contributed by atoms with Gasteiger partial charge < -0.3 is 9.47 Å². The zero-order valence-electron chi connectivity index (χ0n) is 12.1. The summed E-state index contributed by atoms with van der Waals surface area (Å²) in [5.74, 6) is 0.868. The van der Waals surface area contributed by atoms with Gasteiger partial charge in [0.15, 0.2) is 0 Å². The maximum Gasteiger partial charge on any atom is 0.311 e. The summed E-state index contributed by atoms with van der Waals surface area (Å²) in [5, 5.41) is 1.01. The quantitative estimate of drug-likeness (QED) is 0.419. The fourth-order valence-electron chi connectivity index (χ4n) is 1.84. The van der Waals surface area contributed by atoms with Crippen LogP contribution in [0.15, 0.2) is 42.5 Å². The van der Waals surface area contributed by atoms with Crippen LogP contribution in [0.25, 0.3) is 0 Å². The zero-order valence-corrected chi connectivity index (χ0v) is 13.7. The number of carbonyl (C=O) groups excluding carboxylic acids is 1. The van der Waals surface area contributed by atoms with E-state index in [-0.39, 0.29) is 12.4 Å². The zero-order chi connectivity index (χ0) is 15.9. The maximum atomic E-state index is 11.8. The molecule has 0 atom stereocenters. The fourth-order valence-corrected chi connectivity index (χ4v) is 2.30. The van der Waals surface area contributed by atoms with Gasteiger partial charge in [0.05, 0.1) is 11.6 Å². The van der Waals surface area contributed by atoms with Crippen LogP contribution in [0, 0.1) is 6.92 Å². The summed E-state index contributed by atoms with van der Waals surface area (Å²) in [5.41, 5.74) is 0.931. The van der Waals surface area contributed by atoms with Crippen molar-refractivity contribution in [2.24, 2.45) is 0 Å². The normalized spacial score (nSPS) is 10.3. The van der Waals surface area contributed by atoms with Gasteiger partial charge in [-0.15, -0.1) is 0 Å². The smallest absolute Gasteiger partial charge is 0.311 e. The molecule has 2 rings (SSSR count). The lowest BCUT2D eigenvalue weighted by Crippen LogP contribution is -2.10. The predicted octanol–water partition coefficient (Wildman–Crippen LogP) is 5.07. The van der Waals surface area contributed by atoms with Gasteiger partial charge >= 0.3 is 5.97 Å². The van der Waals surface area contributed by atoms with Gasteiger partial charge in [-0.25, -0.2) is 0 Å². The summed E-state index contributed by atoms with van der Waals surface area (Å²) < 4.78 is 10.8. The number of carbonyl (C=O) groups is 1. The van der Waals surface area contributed by atoms with Crippen molar-refractivity contribution in [3.63, 3.8) is 0 Å². The monoisotopic (exact) mass is 338 g/mol. The Morgan fingerprint density at radius 1 is 1.09 bits per heavy atom. The molecule has 0 aliphatic carbocycles. The third-order valence-corrected chi connectivity index (χ3v) is 3.52. The molecule has 2 aromatic carbocycles. The van der Waals surface area contributed by atoms with Crippen molar-refractivity contribution in [2.75, 3.05) is 6.61 Å². The fraction of sp³-hybridized carbons (Fsp3) is 0.235. The number of aryl methyl sites for hydroxylation is 1. The molecule has 0 saturated carbocycles. The van der Waals surface area contributed by atoms with Crippen LogP contribution in [0.5, 0.6) is 11.5 Å². The highest BCUT2D eigenvalue weighted by Gasteiger charge is 2.07. The lowest BCUT2D eigenvalue weighted by atomic mass is 10.2. The standard InChI is InChI=1S/C17H16Cl2O3/c1-12-5-2-3-6-15(12)22-17(20)7-4-10-21-16-9-8-13(18)11-14(16)19/h2-3,5-6,8-9,11H,4,7,10H2,1H3. The molecule has 0 saturated heterocycles. The van der Waals surface area contributed by atoms with Gasteiger partial charge in [-0.05, 0) is 43.2 Å². The molecule has 0 aromatic heterocycles. The van der Waals surface area contributed by atoms with Gasteiger partial charge in [-0.3, -0.25) is 4.79 Å². The van der Waals surface area contributed by atoms with Gasteiger partial charge in [0, 0.05) is 11.4 Å². The minimum Gasteiger partial charge on any atom is -0.492 e. The van der Waals surface area contributed by atoms with E-state index in [9.17, 15) is 4.79 Å². The number of esters is 1. The van der Waals surface area contributed by atoms with Crippen LogP contribution in [0.3, 0.4) is 0 Å². The number of para-hydroxylation sites is 1. The Labute approximate surface area is 139 Å². The third-order valence-electron chi connectivity index (χ3n) is 2.99. The van der Waals surface area contributed by atoms with E-state index in [0.717, 1.165) is 5.56 Å². The van der Waals surface area contributed by atoms with Crippen molar-refractivity contribution in [1.29, 1.82) is 0 Å². The highest BCUT2D eigenvalue weighted by molar-refractivity contribution is 6.35. The van der Waals surface area contributed by atoms with Crippen molar-refractivity contribution in [2.45, 2.75) is 19.8 Å². The molecular weight excluding hydrogens is 323 g/mol. The van der Waals surface area contributed by atoms with Crippen LogP contribution in [0.2, 0.25) is 10.0 Å². The predicted molar refractivity (Wildman–Crippen MR) is 88.0 cm³/mol. The molecule has 22 heavy (non-hydrogen) atoms. The first-order valence-corrected chi connectivity index (χ1v) is 7.66. The van der Waals surface area contributed by atoms with Gasteiger partial charge in [-0.1, -0.05) is 41.4 Å². The van der Waals surface area contributed by atoms with E-state index in [2.05, 4.69) is 0 Å². The minimum atomic E-state index is -0.278.